The first-order valence-electron chi connectivity index (χ1n) is 7.64. The highest BCUT2D eigenvalue weighted by molar-refractivity contribution is 5.16. The van der Waals surface area contributed by atoms with Crippen molar-refractivity contribution in [2.75, 3.05) is 6.54 Å². The topological polar surface area (TPSA) is 12.0 Å². The van der Waals surface area contributed by atoms with E-state index in [0.717, 1.165) is 17.9 Å². The first-order chi connectivity index (χ1) is 7.91. The van der Waals surface area contributed by atoms with E-state index in [-0.39, 0.29) is 0 Å². The summed E-state index contributed by atoms with van der Waals surface area (Å²) in [4.78, 5) is 0. The van der Waals surface area contributed by atoms with Gasteiger partial charge in [-0.1, -0.05) is 47.5 Å². The lowest BCUT2D eigenvalue weighted by Crippen LogP contribution is -2.34. The number of rotatable bonds is 7. The van der Waals surface area contributed by atoms with Gasteiger partial charge in [0, 0.05) is 6.04 Å². The molecule has 0 aromatic rings. The smallest absolute Gasteiger partial charge is 0.0106 e. The summed E-state index contributed by atoms with van der Waals surface area (Å²) in [6, 6.07) is 0.764. The van der Waals surface area contributed by atoms with Gasteiger partial charge in [0.1, 0.15) is 0 Å². The summed E-state index contributed by atoms with van der Waals surface area (Å²) in [6.07, 6.45) is 7.12. The molecular weight excluding hydrogens is 206 g/mol. The van der Waals surface area contributed by atoms with E-state index in [1.807, 2.05) is 0 Å². The highest BCUT2D eigenvalue weighted by Crippen LogP contribution is 2.70. The maximum absolute atomic E-state index is 3.83. The van der Waals surface area contributed by atoms with Crippen LogP contribution in [0.5, 0.6) is 0 Å². The molecule has 0 heterocycles. The van der Waals surface area contributed by atoms with Crippen molar-refractivity contribution in [2.45, 2.75) is 72.8 Å². The predicted molar refractivity (Wildman–Crippen MR) is 75.1 cm³/mol. The average molecular weight is 237 g/mol. The van der Waals surface area contributed by atoms with E-state index >= 15 is 0 Å². The molecule has 0 amide bonds. The molecule has 0 aromatic carbocycles. The summed E-state index contributed by atoms with van der Waals surface area (Å²) < 4.78 is 0. The van der Waals surface area contributed by atoms with Gasteiger partial charge in [0.05, 0.1) is 0 Å². The zero-order valence-corrected chi connectivity index (χ0v) is 12.5. The van der Waals surface area contributed by atoms with Crippen molar-refractivity contribution >= 4 is 0 Å². The first-order valence-corrected chi connectivity index (χ1v) is 7.64. The van der Waals surface area contributed by atoms with Crippen LogP contribution in [0, 0.1) is 22.7 Å². The van der Waals surface area contributed by atoms with Gasteiger partial charge in [-0.3, -0.25) is 0 Å². The van der Waals surface area contributed by atoms with Gasteiger partial charge in [0.2, 0.25) is 0 Å². The van der Waals surface area contributed by atoms with Crippen molar-refractivity contribution in [3.05, 3.63) is 0 Å². The second-order valence-electron chi connectivity index (χ2n) is 7.50. The molecule has 2 rings (SSSR count). The molecule has 17 heavy (non-hydrogen) atoms. The molecule has 0 saturated heterocycles. The average Bonchev–Trinajstić information content (AvgIpc) is 3.10. The minimum atomic E-state index is 0.530. The van der Waals surface area contributed by atoms with Gasteiger partial charge in [-0.05, 0) is 48.5 Å². The number of hydrogen-bond donors (Lipinski definition) is 1. The molecule has 0 aromatic heterocycles. The molecule has 1 unspecified atom stereocenters. The Bertz CT molecular complexity index is 249. The van der Waals surface area contributed by atoms with Crippen LogP contribution in [0.25, 0.3) is 0 Å². The van der Waals surface area contributed by atoms with Gasteiger partial charge in [-0.15, -0.1) is 0 Å². The van der Waals surface area contributed by atoms with Crippen molar-refractivity contribution in [1.82, 2.24) is 5.32 Å². The largest absolute Gasteiger partial charge is 0.314 e. The summed E-state index contributed by atoms with van der Waals surface area (Å²) in [5.74, 6) is 1.95. The molecule has 2 saturated carbocycles. The Morgan fingerprint density at radius 2 is 1.71 bits per heavy atom. The molecule has 0 radical (unpaired) electrons. The molecule has 0 aliphatic heterocycles. The monoisotopic (exact) mass is 237 g/mol. The zero-order chi connectivity index (χ0) is 12.7. The molecule has 2 aliphatic carbocycles. The molecule has 0 spiro atoms. The first kappa shape index (κ1) is 13.4. The minimum Gasteiger partial charge on any atom is -0.314 e. The second kappa shape index (κ2) is 4.57. The van der Waals surface area contributed by atoms with Gasteiger partial charge in [0.25, 0.3) is 0 Å². The maximum atomic E-state index is 3.83. The van der Waals surface area contributed by atoms with Crippen molar-refractivity contribution in [2.24, 2.45) is 22.7 Å². The Labute approximate surface area is 108 Å². The number of nitrogens with one attached hydrogen (secondary N) is 1. The Morgan fingerprint density at radius 1 is 1.12 bits per heavy atom. The van der Waals surface area contributed by atoms with Crippen LogP contribution in [0.2, 0.25) is 0 Å². The van der Waals surface area contributed by atoms with Gasteiger partial charge < -0.3 is 5.32 Å². The summed E-state index contributed by atoms with van der Waals surface area (Å²) >= 11 is 0. The van der Waals surface area contributed by atoms with E-state index < -0.39 is 0 Å². The maximum Gasteiger partial charge on any atom is 0.0106 e. The summed E-state index contributed by atoms with van der Waals surface area (Å²) in [7, 11) is 0. The van der Waals surface area contributed by atoms with E-state index in [1.54, 1.807) is 0 Å². The molecule has 1 N–H and O–H groups in total. The van der Waals surface area contributed by atoms with Crippen molar-refractivity contribution in [3.63, 3.8) is 0 Å². The molecule has 2 aliphatic rings. The van der Waals surface area contributed by atoms with E-state index in [0.29, 0.717) is 10.8 Å². The second-order valence-corrected chi connectivity index (χ2v) is 7.50. The van der Waals surface area contributed by atoms with Crippen LogP contribution in [0.3, 0.4) is 0 Å². The van der Waals surface area contributed by atoms with E-state index in [2.05, 4.69) is 39.9 Å². The molecular formula is C16H31N. The highest BCUT2D eigenvalue weighted by Gasteiger charge is 2.66. The lowest BCUT2D eigenvalue weighted by molar-refractivity contribution is 0.363. The molecule has 1 atom stereocenters. The van der Waals surface area contributed by atoms with Crippen molar-refractivity contribution in [1.29, 1.82) is 0 Å². The Kier molecular flexibility index (Phi) is 3.60. The minimum absolute atomic E-state index is 0.530. The van der Waals surface area contributed by atoms with Crippen LogP contribution >= 0.6 is 0 Å². The zero-order valence-electron chi connectivity index (χ0n) is 12.5. The van der Waals surface area contributed by atoms with Crippen LogP contribution < -0.4 is 5.32 Å². The van der Waals surface area contributed by atoms with Crippen molar-refractivity contribution in [3.8, 4) is 0 Å². The lowest BCUT2D eigenvalue weighted by Gasteiger charge is -2.21. The normalized spacial score (nSPS) is 28.1. The Balaban J connectivity index is 1.90. The van der Waals surface area contributed by atoms with E-state index in [4.69, 9.17) is 0 Å². The third kappa shape index (κ3) is 2.54. The van der Waals surface area contributed by atoms with Crippen LogP contribution in [0.15, 0.2) is 0 Å². The predicted octanol–water partition coefficient (Wildman–Crippen LogP) is 4.23. The molecule has 1 nitrogen and oxygen atoms in total. The standard InChI is InChI=1S/C16H31N/c1-6-11-17-13(10-9-12-7-8-12)14-15(2,3)16(14,4)5/h12-14,17H,6-11H2,1-5H3. The molecule has 2 fully saturated rings. The van der Waals surface area contributed by atoms with Gasteiger partial charge in [0.15, 0.2) is 0 Å². The van der Waals surface area contributed by atoms with Gasteiger partial charge in [-0.25, -0.2) is 0 Å². The fourth-order valence-corrected chi connectivity index (χ4v) is 3.79. The molecule has 100 valence electrons. The molecule has 1 heteroatoms. The van der Waals surface area contributed by atoms with Crippen LogP contribution in [0.1, 0.15) is 66.7 Å². The lowest BCUT2D eigenvalue weighted by atomic mass is 9.98. The van der Waals surface area contributed by atoms with E-state index in [9.17, 15) is 0 Å². The van der Waals surface area contributed by atoms with Gasteiger partial charge >= 0.3 is 0 Å². The quantitative estimate of drug-likeness (QED) is 0.699. The summed E-state index contributed by atoms with van der Waals surface area (Å²) in [5.41, 5.74) is 1.06. The Hall–Kier alpha value is -0.0400. The fourth-order valence-electron chi connectivity index (χ4n) is 3.79. The summed E-state index contributed by atoms with van der Waals surface area (Å²) in [6.45, 7) is 13.3. The van der Waals surface area contributed by atoms with Crippen LogP contribution in [-0.2, 0) is 0 Å². The highest BCUT2D eigenvalue weighted by atomic mass is 15.0. The Morgan fingerprint density at radius 3 is 2.12 bits per heavy atom. The summed E-state index contributed by atoms with van der Waals surface area (Å²) in [5, 5.41) is 3.83. The van der Waals surface area contributed by atoms with Gasteiger partial charge in [-0.2, -0.15) is 0 Å². The van der Waals surface area contributed by atoms with Crippen LogP contribution in [-0.4, -0.2) is 12.6 Å². The SMILES string of the molecule is CCCNC(CCC1CC1)C1C(C)(C)C1(C)C. The number of hydrogen-bond acceptors (Lipinski definition) is 1. The fraction of sp³-hybridized carbons (Fsp3) is 1.00. The van der Waals surface area contributed by atoms with Crippen LogP contribution in [0.4, 0.5) is 0 Å². The van der Waals surface area contributed by atoms with E-state index in [1.165, 1.54) is 38.6 Å². The van der Waals surface area contributed by atoms with Crippen molar-refractivity contribution < 1.29 is 0 Å². The third-order valence-corrected chi connectivity index (χ3v) is 5.77. The third-order valence-electron chi connectivity index (χ3n) is 5.77. The molecule has 0 bridgehead atoms.